The molecule has 0 saturated heterocycles. The number of hydrogen-bond acceptors (Lipinski definition) is 0. The van der Waals surface area contributed by atoms with Crippen LogP contribution in [0.4, 0.5) is 0 Å². The average molecular weight is 476 g/mol. The van der Waals surface area contributed by atoms with Crippen molar-refractivity contribution in [1.82, 2.24) is 0 Å². The van der Waals surface area contributed by atoms with E-state index < -0.39 is 0 Å². The standard InChI is InChI=1S/C24H28Br2/c1-3-5-7-23(25)19-11-9-17-14-22-16-20(24(26)8-6-4-2)12-10-18(22)13-21(17)15-19/h9-16,23-24H,3-8H2,1-2H3. The number of alkyl halides is 2. The highest BCUT2D eigenvalue weighted by Crippen LogP contribution is 2.34. The zero-order valence-corrected chi connectivity index (χ0v) is 18.9. The monoisotopic (exact) mass is 474 g/mol. The molecule has 0 fully saturated rings. The molecule has 0 radical (unpaired) electrons. The fourth-order valence-corrected chi connectivity index (χ4v) is 4.74. The Hall–Kier alpha value is -0.860. The van der Waals surface area contributed by atoms with Crippen LogP contribution in [0, 0.1) is 0 Å². The van der Waals surface area contributed by atoms with Crippen LogP contribution in [0.25, 0.3) is 21.5 Å². The molecule has 0 nitrogen and oxygen atoms in total. The van der Waals surface area contributed by atoms with Crippen molar-refractivity contribution < 1.29 is 0 Å². The lowest BCUT2D eigenvalue weighted by Gasteiger charge is -2.13. The first-order chi connectivity index (χ1) is 12.6. The Morgan fingerprint density at radius 1 is 0.615 bits per heavy atom. The molecule has 0 amide bonds. The quantitative estimate of drug-likeness (QED) is 0.225. The minimum atomic E-state index is 0.456. The van der Waals surface area contributed by atoms with Gasteiger partial charge in [0.15, 0.2) is 0 Å². The molecular weight excluding hydrogens is 448 g/mol. The van der Waals surface area contributed by atoms with Crippen molar-refractivity contribution in [3.63, 3.8) is 0 Å². The highest BCUT2D eigenvalue weighted by Gasteiger charge is 2.10. The summed E-state index contributed by atoms with van der Waals surface area (Å²) in [6.07, 6.45) is 7.41. The highest BCUT2D eigenvalue weighted by molar-refractivity contribution is 9.09. The van der Waals surface area contributed by atoms with Crippen LogP contribution < -0.4 is 0 Å². The molecule has 3 rings (SSSR count). The summed E-state index contributed by atoms with van der Waals surface area (Å²) in [6, 6.07) is 18.5. The lowest BCUT2D eigenvalue weighted by molar-refractivity contribution is 0.713. The van der Waals surface area contributed by atoms with Gasteiger partial charge in [0.05, 0.1) is 0 Å². The molecule has 2 heteroatoms. The third kappa shape index (κ3) is 4.70. The average Bonchev–Trinajstić information content (AvgIpc) is 2.67. The largest absolute Gasteiger partial charge is 0.0839 e. The maximum atomic E-state index is 3.86. The van der Waals surface area contributed by atoms with Crippen molar-refractivity contribution >= 4 is 53.4 Å². The Balaban J connectivity index is 1.92. The lowest BCUT2D eigenvalue weighted by atomic mass is 9.97. The van der Waals surface area contributed by atoms with Gasteiger partial charge in [-0.2, -0.15) is 0 Å². The molecule has 0 aliphatic rings. The fraction of sp³-hybridized carbons (Fsp3) is 0.417. The topological polar surface area (TPSA) is 0 Å². The van der Waals surface area contributed by atoms with Gasteiger partial charge >= 0.3 is 0 Å². The van der Waals surface area contributed by atoms with Crippen LogP contribution in [0.15, 0.2) is 48.5 Å². The Morgan fingerprint density at radius 2 is 1.04 bits per heavy atom. The van der Waals surface area contributed by atoms with Crippen molar-refractivity contribution in [1.29, 1.82) is 0 Å². The maximum absolute atomic E-state index is 3.86. The summed E-state index contributed by atoms with van der Waals surface area (Å²) in [5, 5.41) is 5.33. The minimum absolute atomic E-state index is 0.456. The molecule has 138 valence electrons. The lowest BCUT2D eigenvalue weighted by Crippen LogP contribution is -1.91. The van der Waals surface area contributed by atoms with E-state index in [2.05, 4.69) is 94.2 Å². The highest BCUT2D eigenvalue weighted by atomic mass is 79.9. The van der Waals surface area contributed by atoms with Gasteiger partial charge in [-0.3, -0.25) is 0 Å². The van der Waals surface area contributed by atoms with E-state index in [0.717, 1.165) is 0 Å². The van der Waals surface area contributed by atoms with Gasteiger partial charge in [0.1, 0.15) is 0 Å². The smallest absolute Gasteiger partial charge is 0.0395 e. The van der Waals surface area contributed by atoms with Crippen LogP contribution in [0.2, 0.25) is 0 Å². The van der Waals surface area contributed by atoms with E-state index in [1.165, 1.54) is 71.2 Å². The summed E-state index contributed by atoms with van der Waals surface area (Å²) in [5.41, 5.74) is 2.78. The zero-order valence-electron chi connectivity index (χ0n) is 15.8. The number of halogens is 2. The summed E-state index contributed by atoms with van der Waals surface area (Å²) < 4.78 is 0. The van der Waals surface area contributed by atoms with Crippen LogP contribution in [0.3, 0.4) is 0 Å². The first-order valence-corrected chi connectivity index (χ1v) is 11.7. The molecule has 26 heavy (non-hydrogen) atoms. The van der Waals surface area contributed by atoms with Crippen LogP contribution in [-0.4, -0.2) is 0 Å². The number of unbranched alkanes of at least 4 members (excludes halogenated alkanes) is 2. The van der Waals surface area contributed by atoms with E-state index >= 15 is 0 Å². The maximum Gasteiger partial charge on any atom is 0.0395 e. The summed E-state index contributed by atoms with van der Waals surface area (Å²) >= 11 is 7.73. The Kier molecular flexibility index (Phi) is 7.17. The summed E-state index contributed by atoms with van der Waals surface area (Å²) in [5.74, 6) is 0. The summed E-state index contributed by atoms with van der Waals surface area (Å²) in [7, 11) is 0. The van der Waals surface area contributed by atoms with Gasteiger partial charge in [0.2, 0.25) is 0 Å². The first-order valence-electron chi connectivity index (χ1n) is 9.88. The normalized spacial score (nSPS) is 14.0. The Labute approximate surface area is 174 Å². The second-order valence-corrected chi connectivity index (χ2v) is 9.50. The van der Waals surface area contributed by atoms with Gasteiger partial charge in [-0.1, -0.05) is 108 Å². The fourth-order valence-electron chi connectivity index (χ4n) is 3.52. The SMILES string of the molecule is CCCCC(Br)c1ccc2cc3cc(C(Br)CCCC)ccc3cc2c1. The first kappa shape index (κ1) is 19.9. The predicted molar refractivity (Wildman–Crippen MR) is 124 cm³/mol. The van der Waals surface area contributed by atoms with Gasteiger partial charge in [0.25, 0.3) is 0 Å². The molecule has 0 aliphatic heterocycles. The van der Waals surface area contributed by atoms with E-state index in [-0.39, 0.29) is 0 Å². The van der Waals surface area contributed by atoms with E-state index in [1.54, 1.807) is 0 Å². The van der Waals surface area contributed by atoms with Crippen LogP contribution in [0.5, 0.6) is 0 Å². The van der Waals surface area contributed by atoms with Gasteiger partial charge in [-0.25, -0.2) is 0 Å². The van der Waals surface area contributed by atoms with E-state index in [4.69, 9.17) is 0 Å². The minimum Gasteiger partial charge on any atom is -0.0839 e. The number of fused-ring (bicyclic) bond motifs is 2. The molecular formula is C24H28Br2. The molecule has 3 aromatic carbocycles. The molecule has 3 aromatic rings. The Morgan fingerprint density at radius 3 is 1.42 bits per heavy atom. The Bertz CT molecular complexity index is 795. The number of benzene rings is 3. The van der Waals surface area contributed by atoms with Crippen LogP contribution in [-0.2, 0) is 0 Å². The molecule has 0 bridgehead atoms. The molecule has 0 aromatic heterocycles. The van der Waals surface area contributed by atoms with E-state index in [0.29, 0.717) is 9.65 Å². The van der Waals surface area contributed by atoms with E-state index in [1.807, 2.05) is 0 Å². The summed E-state index contributed by atoms with van der Waals surface area (Å²) in [4.78, 5) is 0.912. The predicted octanol–water partition coefficient (Wildman–Crippen LogP) is 9.25. The van der Waals surface area contributed by atoms with Gasteiger partial charge < -0.3 is 0 Å². The van der Waals surface area contributed by atoms with Crippen LogP contribution in [0.1, 0.15) is 73.2 Å². The van der Waals surface area contributed by atoms with Crippen molar-refractivity contribution in [2.45, 2.75) is 62.0 Å². The second-order valence-electron chi connectivity index (χ2n) is 7.28. The molecule has 0 saturated carbocycles. The third-order valence-electron chi connectivity index (χ3n) is 5.19. The molecule has 2 atom stereocenters. The second kappa shape index (κ2) is 9.37. The molecule has 2 unspecified atom stereocenters. The number of rotatable bonds is 8. The summed E-state index contributed by atoms with van der Waals surface area (Å²) in [6.45, 7) is 4.50. The molecule has 0 aliphatic carbocycles. The van der Waals surface area contributed by atoms with Crippen molar-refractivity contribution in [3.05, 3.63) is 59.7 Å². The number of hydrogen-bond donors (Lipinski definition) is 0. The molecule has 0 spiro atoms. The van der Waals surface area contributed by atoms with Crippen molar-refractivity contribution in [3.8, 4) is 0 Å². The molecule has 0 N–H and O–H groups in total. The van der Waals surface area contributed by atoms with Gasteiger partial charge in [0, 0.05) is 9.65 Å². The molecule has 0 heterocycles. The van der Waals surface area contributed by atoms with Crippen LogP contribution >= 0.6 is 31.9 Å². The van der Waals surface area contributed by atoms with Crippen molar-refractivity contribution in [2.75, 3.05) is 0 Å². The van der Waals surface area contributed by atoms with E-state index in [9.17, 15) is 0 Å². The third-order valence-corrected chi connectivity index (χ3v) is 7.16. The zero-order chi connectivity index (χ0) is 18.5. The van der Waals surface area contributed by atoms with Gasteiger partial charge in [-0.15, -0.1) is 0 Å². The van der Waals surface area contributed by atoms with Gasteiger partial charge in [-0.05, 0) is 57.6 Å². The van der Waals surface area contributed by atoms with Crippen molar-refractivity contribution in [2.24, 2.45) is 0 Å².